The molecule has 1 aliphatic carbocycles. The van der Waals surface area contributed by atoms with Gasteiger partial charge in [-0.15, -0.1) is 0 Å². The summed E-state index contributed by atoms with van der Waals surface area (Å²) in [6.45, 7) is 12.3. The largest absolute Gasteiger partial charge is 0.333 e. The number of benzene rings is 4. The SMILES string of the molecule is C=Cc1c(C=C)n(C2C=CCC2)c2c1ccc1c3ccccc3c3ccccc3c12.CC. The highest BCUT2D eigenvalue weighted by Crippen LogP contribution is 2.43. The van der Waals surface area contributed by atoms with E-state index in [1.165, 1.54) is 54.5 Å². The Kier molecular flexibility index (Phi) is 5.19. The van der Waals surface area contributed by atoms with Crippen molar-refractivity contribution in [2.75, 3.05) is 0 Å². The Morgan fingerprint density at radius 2 is 1.31 bits per heavy atom. The maximum absolute atomic E-state index is 4.17. The van der Waals surface area contributed by atoms with Crippen LogP contribution in [0.5, 0.6) is 0 Å². The average Bonchev–Trinajstić information content (AvgIpc) is 3.50. The van der Waals surface area contributed by atoms with Crippen molar-refractivity contribution in [3.05, 3.63) is 97.2 Å². The lowest BCUT2D eigenvalue weighted by atomic mass is 9.92. The Hall–Kier alpha value is -3.58. The molecule has 6 rings (SSSR count). The van der Waals surface area contributed by atoms with E-state index in [4.69, 9.17) is 0 Å². The van der Waals surface area contributed by atoms with E-state index in [9.17, 15) is 0 Å². The highest BCUT2D eigenvalue weighted by molar-refractivity contribution is 6.31. The van der Waals surface area contributed by atoms with Crippen LogP contribution in [0.3, 0.4) is 0 Å². The van der Waals surface area contributed by atoms with Gasteiger partial charge in [-0.25, -0.2) is 0 Å². The first-order chi connectivity index (χ1) is 15.8. The molecule has 4 aromatic carbocycles. The van der Waals surface area contributed by atoms with Crippen molar-refractivity contribution >= 4 is 55.4 Å². The molecule has 1 aliphatic rings. The summed E-state index contributed by atoms with van der Waals surface area (Å²) in [5.74, 6) is 0. The molecule has 158 valence electrons. The Balaban J connectivity index is 0.00000105. The van der Waals surface area contributed by atoms with Crippen molar-refractivity contribution in [2.24, 2.45) is 0 Å². The fourth-order valence-corrected chi connectivity index (χ4v) is 5.43. The van der Waals surface area contributed by atoms with E-state index in [1.807, 2.05) is 26.0 Å². The average molecular weight is 416 g/mol. The molecule has 1 unspecified atom stereocenters. The minimum atomic E-state index is 0.352. The van der Waals surface area contributed by atoms with Crippen molar-refractivity contribution in [3.8, 4) is 0 Å². The zero-order valence-electron chi connectivity index (χ0n) is 18.9. The fourth-order valence-electron chi connectivity index (χ4n) is 5.43. The number of fused-ring (bicyclic) bond motifs is 8. The summed E-state index contributed by atoms with van der Waals surface area (Å²) in [4.78, 5) is 0. The normalized spacial score (nSPS) is 15.4. The summed E-state index contributed by atoms with van der Waals surface area (Å²) in [6.07, 6.45) is 10.9. The van der Waals surface area contributed by atoms with E-state index in [0.29, 0.717) is 6.04 Å². The lowest BCUT2D eigenvalue weighted by Crippen LogP contribution is -2.06. The van der Waals surface area contributed by atoms with Crippen molar-refractivity contribution < 1.29 is 0 Å². The highest BCUT2D eigenvalue weighted by atomic mass is 15.0. The van der Waals surface area contributed by atoms with Crippen molar-refractivity contribution in [3.63, 3.8) is 0 Å². The van der Waals surface area contributed by atoms with Crippen LogP contribution in [0.2, 0.25) is 0 Å². The molecule has 0 aliphatic heterocycles. The fraction of sp³-hybridized carbons (Fsp3) is 0.161. The van der Waals surface area contributed by atoms with Crippen LogP contribution in [0.4, 0.5) is 0 Å². The number of rotatable bonds is 3. The summed E-state index contributed by atoms with van der Waals surface area (Å²) in [6, 6.07) is 22.5. The third kappa shape index (κ3) is 2.78. The van der Waals surface area contributed by atoms with E-state index in [-0.39, 0.29) is 0 Å². The monoisotopic (exact) mass is 415 g/mol. The van der Waals surface area contributed by atoms with Crippen LogP contribution < -0.4 is 0 Å². The lowest BCUT2D eigenvalue weighted by molar-refractivity contribution is 0.607. The molecule has 5 aromatic rings. The quantitative estimate of drug-likeness (QED) is 0.204. The minimum Gasteiger partial charge on any atom is -0.333 e. The Morgan fingerprint density at radius 1 is 0.750 bits per heavy atom. The predicted octanol–water partition coefficient (Wildman–Crippen LogP) is 9.30. The van der Waals surface area contributed by atoms with Crippen LogP contribution in [0, 0.1) is 0 Å². The van der Waals surface area contributed by atoms with Gasteiger partial charge in [0, 0.05) is 22.0 Å². The molecule has 0 fully saturated rings. The van der Waals surface area contributed by atoms with E-state index in [1.54, 1.807) is 0 Å². The van der Waals surface area contributed by atoms with E-state index >= 15 is 0 Å². The van der Waals surface area contributed by atoms with Crippen LogP contribution in [0.1, 0.15) is 44.0 Å². The molecular weight excluding hydrogens is 386 g/mol. The van der Waals surface area contributed by atoms with Gasteiger partial charge in [-0.1, -0.05) is 106 Å². The molecule has 32 heavy (non-hydrogen) atoms. The van der Waals surface area contributed by atoms with Gasteiger partial charge in [0.05, 0.1) is 11.6 Å². The predicted molar refractivity (Wildman–Crippen MR) is 143 cm³/mol. The van der Waals surface area contributed by atoms with Crippen LogP contribution in [-0.2, 0) is 0 Å². The zero-order chi connectivity index (χ0) is 22.2. The second-order valence-corrected chi connectivity index (χ2v) is 8.13. The molecule has 1 atom stereocenters. The van der Waals surface area contributed by atoms with Gasteiger partial charge in [0.1, 0.15) is 0 Å². The van der Waals surface area contributed by atoms with Gasteiger partial charge in [-0.3, -0.25) is 0 Å². The topological polar surface area (TPSA) is 4.93 Å². The maximum atomic E-state index is 4.17. The Morgan fingerprint density at radius 3 is 1.88 bits per heavy atom. The number of aromatic nitrogens is 1. The van der Waals surface area contributed by atoms with Gasteiger partial charge >= 0.3 is 0 Å². The molecule has 0 saturated heterocycles. The molecule has 1 heteroatoms. The zero-order valence-corrected chi connectivity index (χ0v) is 18.9. The van der Waals surface area contributed by atoms with Crippen LogP contribution >= 0.6 is 0 Å². The van der Waals surface area contributed by atoms with Gasteiger partial charge in [-0.05, 0) is 45.8 Å². The number of nitrogens with zero attached hydrogens (tertiary/aromatic N) is 1. The number of hydrogen-bond acceptors (Lipinski definition) is 0. The van der Waals surface area contributed by atoms with Crippen molar-refractivity contribution in [1.82, 2.24) is 4.57 Å². The van der Waals surface area contributed by atoms with Crippen LogP contribution in [0.25, 0.3) is 55.4 Å². The standard InChI is InChI=1S/C29H23N.C2H6/c1-3-20-26-18-17-25-23-15-8-7-13-21(23)22-14-9-10-16-24(22)28(25)29(26)30(27(20)4-2)19-11-5-6-12-19;1-2/h3-5,7-11,13-19H,1-2,6,12H2;1-2H3. The van der Waals surface area contributed by atoms with E-state index < -0.39 is 0 Å². The molecular formula is C31H29N. The third-order valence-corrected chi connectivity index (χ3v) is 6.66. The van der Waals surface area contributed by atoms with Gasteiger partial charge in [0.2, 0.25) is 0 Å². The van der Waals surface area contributed by atoms with E-state index in [0.717, 1.165) is 12.8 Å². The summed E-state index contributed by atoms with van der Waals surface area (Å²) >= 11 is 0. The smallest absolute Gasteiger partial charge is 0.0583 e. The molecule has 1 aromatic heterocycles. The second-order valence-electron chi connectivity index (χ2n) is 8.13. The molecule has 0 N–H and O–H groups in total. The van der Waals surface area contributed by atoms with E-state index in [2.05, 4.69) is 90.5 Å². The first kappa shape index (κ1) is 20.3. The van der Waals surface area contributed by atoms with Gasteiger partial charge < -0.3 is 4.57 Å². The summed E-state index contributed by atoms with van der Waals surface area (Å²) in [7, 11) is 0. The highest BCUT2D eigenvalue weighted by Gasteiger charge is 2.23. The minimum absolute atomic E-state index is 0.352. The third-order valence-electron chi connectivity index (χ3n) is 6.66. The van der Waals surface area contributed by atoms with Crippen LogP contribution in [-0.4, -0.2) is 4.57 Å². The first-order valence-corrected chi connectivity index (χ1v) is 11.6. The number of hydrogen-bond donors (Lipinski definition) is 0. The Labute approximate surface area is 190 Å². The molecule has 1 nitrogen and oxygen atoms in total. The van der Waals surface area contributed by atoms with Gasteiger partial charge in [0.15, 0.2) is 0 Å². The second kappa shape index (κ2) is 8.16. The van der Waals surface area contributed by atoms with Crippen LogP contribution in [0.15, 0.2) is 86.0 Å². The Bertz CT molecular complexity index is 1490. The van der Waals surface area contributed by atoms with Gasteiger partial charge in [0.25, 0.3) is 0 Å². The summed E-state index contributed by atoms with van der Waals surface area (Å²) in [5.41, 5.74) is 3.65. The summed E-state index contributed by atoms with van der Waals surface area (Å²) < 4.78 is 2.51. The van der Waals surface area contributed by atoms with Crippen molar-refractivity contribution in [2.45, 2.75) is 32.7 Å². The molecule has 0 bridgehead atoms. The number of allylic oxidation sites excluding steroid dienone is 2. The summed E-state index contributed by atoms with van der Waals surface area (Å²) in [5, 5.41) is 9.14. The molecule has 0 saturated carbocycles. The maximum Gasteiger partial charge on any atom is 0.0583 e. The molecule has 0 spiro atoms. The molecule has 1 heterocycles. The lowest BCUT2D eigenvalue weighted by Gasteiger charge is -2.18. The molecule has 0 radical (unpaired) electrons. The molecule has 0 amide bonds. The van der Waals surface area contributed by atoms with Crippen molar-refractivity contribution in [1.29, 1.82) is 0 Å². The first-order valence-electron chi connectivity index (χ1n) is 11.6. The van der Waals surface area contributed by atoms with Gasteiger partial charge in [-0.2, -0.15) is 0 Å².